The largest absolute Gasteiger partial charge is 0.334 e. The number of carbonyl (C=O) groups is 2. The predicted molar refractivity (Wildman–Crippen MR) is 74.0 cm³/mol. The van der Waals surface area contributed by atoms with Crippen molar-refractivity contribution in [2.45, 2.75) is 24.9 Å². The number of aromatic nitrogens is 1. The second-order valence-electron chi connectivity index (χ2n) is 5.32. The molecule has 1 aromatic heterocycles. The van der Waals surface area contributed by atoms with Gasteiger partial charge in [-0.05, 0) is 12.5 Å². The van der Waals surface area contributed by atoms with Crippen LogP contribution < -0.4 is 0 Å². The molecule has 2 aliphatic heterocycles. The van der Waals surface area contributed by atoms with Gasteiger partial charge in [0.1, 0.15) is 0 Å². The Hall–Kier alpha value is -2.24. The molecule has 2 saturated heterocycles. The van der Waals surface area contributed by atoms with Gasteiger partial charge >= 0.3 is 0 Å². The molecular formula is C15H16FN3O2. The molecule has 2 fully saturated rings. The van der Waals surface area contributed by atoms with Crippen molar-refractivity contribution in [2.24, 2.45) is 0 Å². The molecular weight excluding hydrogens is 273 g/mol. The highest BCUT2D eigenvalue weighted by atomic mass is 19.1. The molecule has 0 saturated carbocycles. The number of pyridine rings is 1. The van der Waals surface area contributed by atoms with Gasteiger partial charge in [0.2, 0.25) is 5.91 Å². The van der Waals surface area contributed by atoms with E-state index in [0.717, 1.165) is 12.6 Å². The molecule has 21 heavy (non-hydrogen) atoms. The highest BCUT2D eigenvalue weighted by Gasteiger charge is 2.48. The van der Waals surface area contributed by atoms with Crippen molar-refractivity contribution in [3.63, 3.8) is 0 Å². The van der Waals surface area contributed by atoms with Gasteiger partial charge < -0.3 is 9.80 Å². The van der Waals surface area contributed by atoms with Crippen molar-refractivity contribution in [1.29, 1.82) is 0 Å². The zero-order valence-corrected chi connectivity index (χ0v) is 11.5. The SMILES string of the molecule is C=CCN1C(=O)C[C@H]2[C@H]1CCN2C(=O)c1ccncc1F. The third-order valence-corrected chi connectivity index (χ3v) is 4.20. The first-order chi connectivity index (χ1) is 10.1. The number of carbonyl (C=O) groups excluding carboxylic acids is 2. The molecule has 0 aromatic carbocycles. The van der Waals surface area contributed by atoms with Crippen LogP contribution in [0.1, 0.15) is 23.2 Å². The fourth-order valence-electron chi connectivity index (χ4n) is 3.26. The molecule has 0 spiro atoms. The minimum atomic E-state index is -0.627. The summed E-state index contributed by atoms with van der Waals surface area (Å²) in [5.41, 5.74) is 0.0141. The Morgan fingerprint density at radius 3 is 3.05 bits per heavy atom. The van der Waals surface area contributed by atoms with Crippen LogP contribution in [0.15, 0.2) is 31.1 Å². The lowest BCUT2D eigenvalue weighted by Crippen LogP contribution is -2.40. The fraction of sp³-hybridized carbons (Fsp3) is 0.400. The van der Waals surface area contributed by atoms with E-state index in [1.807, 2.05) is 0 Å². The summed E-state index contributed by atoms with van der Waals surface area (Å²) in [6.07, 6.45) is 5.14. The Kier molecular flexibility index (Phi) is 3.45. The van der Waals surface area contributed by atoms with Crippen molar-refractivity contribution in [2.75, 3.05) is 13.1 Å². The smallest absolute Gasteiger partial charge is 0.257 e. The Morgan fingerprint density at radius 1 is 1.52 bits per heavy atom. The zero-order valence-electron chi connectivity index (χ0n) is 11.5. The zero-order chi connectivity index (χ0) is 15.0. The Morgan fingerprint density at radius 2 is 2.33 bits per heavy atom. The Bertz CT molecular complexity index is 604. The van der Waals surface area contributed by atoms with Crippen LogP contribution in [0.4, 0.5) is 4.39 Å². The predicted octanol–water partition coefficient (Wildman–Crippen LogP) is 1.22. The first kappa shape index (κ1) is 13.7. The molecule has 3 rings (SSSR count). The number of likely N-dealkylation sites (tertiary alicyclic amines) is 2. The molecule has 0 aliphatic carbocycles. The van der Waals surface area contributed by atoms with E-state index < -0.39 is 5.82 Å². The van der Waals surface area contributed by atoms with Gasteiger partial charge in [-0.2, -0.15) is 0 Å². The molecule has 2 atom stereocenters. The van der Waals surface area contributed by atoms with Gasteiger partial charge in [-0.25, -0.2) is 4.39 Å². The average Bonchev–Trinajstić information content (AvgIpc) is 2.99. The van der Waals surface area contributed by atoms with Gasteiger partial charge in [-0.15, -0.1) is 6.58 Å². The molecule has 1 aromatic rings. The highest BCUT2D eigenvalue weighted by molar-refractivity contribution is 5.95. The highest BCUT2D eigenvalue weighted by Crippen LogP contribution is 2.33. The van der Waals surface area contributed by atoms with Crippen molar-refractivity contribution >= 4 is 11.8 Å². The van der Waals surface area contributed by atoms with Gasteiger partial charge in [0.15, 0.2) is 5.82 Å². The maximum atomic E-state index is 13.7. The van der Waals surface area contributed by atoms with Gasteiger partial charge in [0, 0.05) is 25.7 Å². The van der Waals surface area contributed by atoms with E-state index >= 15 is 0 Å². The van der Waals surface area contributed by atoms with Gasteiger partial charge in [-0.3, -0.25) is 14.6 Å². The van der Waals surface area contributed by atoms with Crippen LogP contribution >= 0.6 is 0 Å². The first-order valence-corrected chi connectivity index (χ1v) is 6.94. The van der Waals surface area contributed by atoms with Crippen LogP contribution in [0.3, 0.4) is 0 Å². The van der Waals surface area contributed by atoms with Crippen molar-refractivity contribution in [3.05, 3.63) is 42.5 Å². The average molecular weight is 289 g/mol. The molecule has 0 bridgehead atoms. The lowest BCUT2D eigenvalue weighted by molar-refractivity contribution is -0.128. The summed E-state index contributed by atoms with van der Waals surface area (Å²) in [5, 5.41) is 0. The minimum absolute atomic E-state index is 0.0141. The molecule has 0 N–H and O–H groups in total. The van der Waals surface area contributed by atoms with Gasteiger partial charge in [0.05, 0.1) is 23.8 Å². The second-order valence-corrected chi connectivity index (χ2v) is 5.32. The number of amides is 2. The molecule has 110 valence electrons. The van der Waals surface area contributed by atoms with Crippen molar-refractivity contribution < 1.29 is 14.0 Å². The molecule has 6 heteroatoms. The van der Waals surface area contributed by atoms with Crippen LogP contribution in [0, 0.1) is 5.82 Å². The number of halogens is 1. The van der Waals surface area contributed by atoms with Crippen molar-refractivity contribution in [1.82, 2.24) is 14.8 Å². The van der Waals surface area contributed by atoms with Crippen LogP contribution in [0.5, 0.6) is 0 Å². The summed E-state index contributed by atoms with van der Waals surface area (Å²) in [6, 6.07) is 1.23. The summed E-state index contributed by atoms with van der Waals surface area (Å²) >= 11 is 0. The first-order valence-electron chi connectivity index (χ1n) is 6.94. The standard InChI is InChI=1S/C15H16FN3O2/c1-2-6-18-12-4-7-19(13(12)8-14(18)20)15(21)10-3-5-17-9-11(10)16/h2-3,5,9,12-13H,1,4,6-8H2/t12-,13+/m1/s1. The third-order valence-electron chi connectivity index (χ3n) is 4.20. The molecule has 0 unspecified atom stereocenters. The van der Waals surface area contributed by atoms with Crippen LogP contribution in [-0.4, -0.2) is 51.8 Å². The molecule has 2 aliphatic rings. The Labute approximate surface area is 122 Å². The lowest BCUT2D eigenvalue weighted by atomic mass is 10.1. The second kappa shape index (κ2) is 5.27. The topological polar surface area (TPSA) is 53.5 Å². The van der Waals surface area contributed by atoms with E-state index in [9.17, 15) is 14.0 Å². The van der Waals surface area contributed by atoms with E-state index in [2.05, 4.69) is 11.6 Å². The van der Waals surface area contributed by atoms with Crippen LogP contribution in [0.25, 0.3) is 0 Å². The normalized spacial score (nSPS) is 24.3. The van der Waals surface area contributed by atoms with Crippen LogP contribution in [-0.2, 0) is 4.79 Å². The summed E-state index contributed by atoms with van der Waals surface area (Å²) in [4.78, 5) is 31.5. The number of fused-ring (bicyclic) bond motifs is 1. The monoisotopic (exact) mass is 289 g/mol. The Balaban J connectivity index is 1.83. The van der Waals surface area contributed by atoms with E-state index in [1.165, 1.54) is 12.3 Å². The number of rotatable bonds is 3. The molecule has 5 nitrogen and oxygen atoms in total. The number of hydrogen-bond donors (Lipinski definition) is 0. The summed E-state index contributed by atoms with van der Waals surface area (Å²) < 4.78 is 13.7. The molecule has 0 radical (unpaired) electrons. The fourth-order valence-corrected chi connectivity index (χ4v) is 3.26. The van der Waals surface area contributed by atoms with Gasteiger partial charge in [0.25, 0.3) is 5.91 Å². The molecule has 2 amide bonds. The summed E-state index contributed by atoms with van der Waals surface area (Å²) in [7, 11) is 0. The third kappa shape index (κ3) is 2.20. The summed E-state index contributed by atoms with van der Waals surface area (Å²) in [5.74, 6) is -0.966. The van der Waals surface area contributed by atoms with E-state index in [0.29, 0.717) is 19.5 Å². The van der Waals surface area contributed by atoms with E-state index in [4.69, 9.17) is 0 Å². The van der Waals surface area contributed by atoms with Gasteiger partial charge in [-0.1, -0.05) is 6.08 Å². The quantitative estimate of drug-likeness (QED) is 0.786. The maximum Gasteiger partial charge on any atom is 0.257 e. The van der Waals surface area contributed by atoms with Crippen molar-refractivity contribution in [3.8, 4) is 0 Å². The van der Waals surface area contributed by atoms with E-state index in [-0.39, 0.29) is 29.5 Å². The van der Waals surface area contributed by atoms with E-state index in [1.54, 1.807) is 15.9 Å². The van der Waals surface area contributed by atoms with Crippen LogP contribution in [0.2, 0.25) is 0 Å². The lowest BCUT2D eigenvalue weighted by Gasteiger charge is -2.24. The number of nitrogens with zero attached hydrogens (tertiary/aromatic N) is 3. The number of hydrogen-bond acceptors (Lipinski definition) is 3. The summed E-state index contributed by atoms with van der Waals surface area (Å²) in [6.45, 7) is 4.69. The maximum absolute atomic E-state index is 13.7. The minimum Gasteiger partial charge on any atom is -0.334 e. The molecule has 3 heterocycles.